The molecular formula is C48H34N4. The Morgan fingerprint density at radius 1 is 0.385 bits per heavy atom. The SMILES string of the molecule is CC1(C)c2ccccc2-c2ccc(-c3ccc4c(c3)c3ccc(-c5nc(-c6ccccc6)nc(-c6ccccc6)n5)cc3n4-c3ccccc3)cc21. The van der Waals surface area contributed by atoms with E-state index in [2.05, 4.69) is 128 Å². The zero-order valence-electron chi connectivity index (χ0n) is 29.0. The first kappa shape index (κ1) is 30.2. The molecule has 2 heterocycles. The van der Waals surface area contributed by atoms with Crippen molar-refractivity contribution in [2.45, 2.75) is 19.3 Å². The Morgan fingerprint density at radius 3 is 1.62 bits per heavy atom. The second kappa shape index (κ2) is 11.7. The number of rotatable bonds is 5. The first-order valence-corrected chi connectivity index (χ1v) is 17.8. The summed E-state index contributed by atoms with van der Waals surface area (Å²) in [5, 5.41) is 2.38. The highest BCUT2D eigenvalue weighted by molar-refractivity contribution is 6.11. The smallest absolute Gasteiger partial charge is 0.164 e. The molecule has 0 aliphatic heterocycles. The van der Waals surface area contributed by atoms with Crippen molar-refractivity contribution in [3.63, 3.8) is 0 Å². The zero-order valence-corrected chi connectivity index (χ0v) is 29.0. The Labute approximate surface area is 302 Å². The average Bonchev–Trinajstić information content (AvgIpc) is 3.66. The number of hydrogen-bond donors (Lipinski definition) is 0. The molecule has 1 aliphatic rings. The van der Waals surface area contributed by atoms with E-state index in [0.29, 0.717) is 17.5 Å². The summed E-state index contributed by atoms with van der Waals surface area (Å²) >= 11 is 0. The van der Waals surface area contributed by atoms with Crippen molar-refractivity contribution in [2.75, 3.05) is 0 Å². The van der Waals surface area contributed by atoms with Crippen molar-refractivity contribution in [3.8, 4) is 62.1 Å². The van der Waals surface area contributed by atoms with Crippen LogP contribution in [-0.2, 0) is 5.41 Å². The van der Waals surface area contributed by atoms with Crippen LogP contribution in [0.4, 0.5) is 0 Å². The van der Waals surface area contributed by atoms with Crippen LogP contribution >= 0.6 is 0 Å². The summed E-state index contributed by atoms with van der Waals surface area (Å²) in [4.78, 5) is 15.0. The van der Waals surface area contributed by atoms with E-state index in [4.69, 9.17) is 15.0 Å². The molecule has 0 saturated carbocycles. The molecule has 0 fully saturated rings. The van der Waals surface area contributed by atoms with Gasteiger partial charge in [-0.25, -0.2) is 15.0 Å². The largest absolute Gasteiger partial charge is 0.309 e. The van der Waals surface area contributed by atoms with Gasteiger partial charge in [0.15, 0.2) is 17.5 Å². The molecule has 9 aromatic rings. The minimum atomic E-state index is -0.0540. The van der Waals surface area contributed by atoms with Crippen LogP contribution in [0.3, 0.4) is 0 Å². The molecule has 0 N–H and O–H groups in total. The Kier molecular flexibility index (Phi) is 6.80. The normalized spacial score (nSPS) is 13.0. The molecular weight excluding hydrogens is 633 g/mol. The van der Waals surface area contributed by atoms with Crippen LogP contribution in [0, 0.1) is 0 Å². The van der Waals surface area contributed by atoms with Crippen molar-refractivity contribution in [1.29, 1.82) is 0 Å². The van der Waals surface area contributed by atoms with Crippen molar-refractivity contribution in [2.24, 2.45) is 0 Å². The molecule has 0 atom stereocenters. The summed E-state index contributed by atoms with van der Waals surface area (Å²) in [6, 6.07) is 60.2. The second-order valence-electron chi connectivity index (χ2n) is 14.1. The molecule has 0 radical (unpaired) electrons. The van der Waals surface area contributed by atoms with E-state index in [1.165, 1.54) is 44.2 Å². The van der Waals surface area contributed by atoms with Gasteiger partial charge in [0.25, 0.3) is 0 Å². The summed E-state index contributed by atoms with van der Waals surface area (Å²) < 4.78 is 2.36. The number of aromatic nitrogens is 4. The van der Waals surface area contributed by atoms with E-state index in [-0.39, 0.29) is 5.41 Å². The summed E-state index contributed by atoms with van der Waals surface area (Å²) in [6.07, 6.45) is 0. The lowest BCUT2D eigenvalue weighted by Crippen LogP contribution is -2.14. The third kappa shape index (κ3) is 4.79. The average molecular weight is 667 g/mol. The number of hydrogen-bond acceptors (Lipinski definition) is 3. The molecule has 0 bridgehead atoms. The van der Waals surface area contributed by atoms with E-state index < -0.39 is 0 Å². The van der Waals surface area contributed by atoms with Gasteiger partial charge in [0.05, 0.1) is 11.0 Å². The van der Waals surface area contributed by atoms with Crippen LogP contribution < -0.4 is 0 Å². The molecule has 52 heavy (non-hydrogen) atoms. The van der Waals surface area contributed by atoms with E-state index in [1.807, 2.05) is 60.7 Å². The maximum atomic E-state index is 5.04. The van der Waals surface area contributed by atoms with Crippen molar-refractivity contribution in [1.82, 2.24) is 19.5 Å². The van der Waals surface area contributed by atoms with Crippen LogP contribution in [0.15, 0.2) is 170 Å². The molecule has 10 rings (SSSR count). The molecule has 2 aromatic heterocycles. The van der Waals surface area contributed by atoms with Gasteiger partial charge in [0.1, 0.15) is 0 Å². The molecule has 4 nitrogen and oxygen atoms in total. The first-order valence-electron chi connectivity index (χ1n) is 17.8. The summed E-state index contributed by atoms with van der Waals surface area (Å²) in [6.45, 7) is 4.68. The monoisotopic (exact) mass is 666 g/mol. The fraction of sp³-hybridized carbons (Fsp3) is 0.0625. The van der Waals surface area contributed by atoms with Gasteiger partial charge in [-0.2, -0.15) is 0 Å². The number of para-hydroxylation sites is 1. The number of fused-ring (bicyclic) bond motifs is 6. The van der Waals surface area contributed by atoms with Crippen LogP contribution in [0.2, 0.25) is 0 Å². The minimum absolute atomic E-state index is 0.0540. The van der Waals surface area contributed by atoms with Gasteiger partial charge in [0, 0.05) is 38.6 Å². The number of benzene rings is 7. The summed E-state index contributed by atoms with van der Waals surface area (Å²) in [7, 11) is 0. The van der Waals surface area contributed by atoms with Crippen LogP contribution in [0.25, 0.3) is 83.9 Å². The molecule has 0 saturated heterocycles. The maximum Gasteiger partial charge on any atom is 0.164 e. The predicted octanol–water partition coefficient (Wildman–Crippen LogP) is 11.9. The molecule has 4 heteroatoms. The minimum Gasteiger partial charge on any atom is -0.309 e. The van der Waals surface area contributed by atoms with E-state index in [1.54, 1.807) is 0 Å². The standard InChI is InChI=1S/C48H34N4/c1-48(2)41-21-13-12-20-37(41)38-25-22-34(29-42(38)48)33-24-27-43-40(28-33)39-26-23-35(30-44(39)52(43)36-18-10-5-11-19-36)47-50-45(31-14-6-3-7-15-31)49-46(51-47)32-16-8-4-9-17-32/h3-30H,1-2H3. The number of nitrogens with zero attached hydrogens (tertiary/aromatic N) is 4. The fourth-order valence-electron chi connectivity index (χ4n) is 8.02. The molecule has 0 unspecified atom stereocenters. The van der Waals surface area contributed by atoms with Crippen LogP contribution in [0.1, 0.15) is 25.0 Å². The quantitative estimate of drug-likeness (QED) is 0.184. The van der Waals surface area contributed by atoms with Gasteiger partial charge in [-0.1, -0.05) is 147 Å². The summed E-state index contributed by atoms with van der Waals surface area (Å²) in [5.41, 5.74) is 14.0. The van der Waals surface area contributed by atoms with Gasteiger partial charge in [0.2, 0.25) is 0 Å². The Morgan fingerprint density at radius 2 is 0.923 bits per heavy atom. The lowest BCUT2D eigenvalue weighted by Gasteiger charge is -2.22. The highest BCUT2D eigenvalue weighted by atomic mass is 15.0. The summed E-state index contributed by atoms with van der Waals surface area (Å²) in [5.74, 6) is 1.94. The Balaban J connectivity index is 1.15. The van der Waals surface area contributed by atoms with Crippen LogP contribution in [0.5, 0.6) is 0 Å². The highest BCUT2D eigenvalue weighted by Crippen LogP contribution is 2.49. The van der Waals surface area contributed by atoms with E-state index in [0.717, 1.165) is 33.4 Å². The van der Waals surface area contributed by atoms with Crippen molar-refractivity contribution < 1.29 is 0 Å². The third-order valence-corrected chi connectivity index (χ3v) is 10.7. The lowest BCUT2D eigenvalue weighted by molar-refractivity contribution is 0.660. The Bertz CT molecular complexity index is 2740. The maximum absolute atomic E-state index is 5.04. The van der Waals surface area contributed by atoms with Gasteiger partial charge in [-0.15, -0.1) is 0 Å². The van der Waals surface area contributed by atoms with E-state index >= 15 is 0 Å². The van der Waals surface area contributed by atoms with Gasteiger partial charge in [-0.3, -0.25) is 0 Å². The Hall–Kier alpha value is -6.65. The lowest BCUT2D eigenvalue weighted by atomic mass is 9.81. The van der Waals surface area contributed by atoms with Crippen molar-refractivity contribution >= 4 is 21.8 Å². The molecule has 246 valence electrons. The highest BCUT2D eigenvalue weighted by Gasteiger charge is 2.35. The first-order chi connectivity index (χ1) is 25.5. The molecule has 1 aliphatic carbocycles. The van der Waals surface area contributed by atoms with Gasteiger partial charge >= 0.3 is 0 Å². The fourth-order valence-corrected chi connectivity index (χ4v) is 8.02. The topological polar surface area (TPSA) is 43.6 Å². The predicted molar refractivity (Wildman–Crippen MR) is 213 cm³/mol. The van der Waals surface area contributed by atoms with E-state index in [9.17, 15) is 0 Å². The molecule has 0 amide bonds. The van der Waals surface area contributed by atoms with Crippen LogP contribution in [-0.4, -0.2) is 19.5 Å². The zero-order chi connectivity index (χ0) is 34.8. The second-order valence-corrected chi connectivity index (χ2v) is 14.1. The van der Waals surface area contributed by atoms with Gasteiger partial charge < -0.3 is 4.57 Å². The van der Waals surface area contributed by atoms with Gasteiger partial charge in [-0.05, 0) is 69.8 Å². The van der Waals surface area contributed by atoms with Crippen molar-refractivity contribution in [3.05, 3.63) is 181 Å². The molecule has 0 spiro atoms. The third-order valence-electron chi connectivity index (χ3n) is 10.7. The molecule has 7 aromatic carbocycles.